The molecule has 0 aliphatic heterocycles. The number of rotatable bonds is 3. The van der Waals surface area contributed by atoms with Crippen molar-refractivity contribution in [3.05, 3.63) is 21.7 Å². The topological polar surface area (TPSA) is 47.9 Å². The standard InChI is InChI=1S/C9H8BrN3OS2/c1-5-4-15-9(12-5)16-8-11-3-6(10)7(13-8)14-2/h3-4H,1-2H3. The van der Waals surface area contributed by atoms with Crippen molar-refractivity contribution >= 4 is 39.0 Å². The van der Waals surface area contributed by atoms with Crippen LogP contribution in [0.15, 0.2) is 25.5 Å². The Morgan fingerprint density at radius 1 is 1.44 bits per heavy atom. The van der Waals surface area contributed by atoms with E-state index in [1.807, 2.05) is 12.3 Å². The SMILES string of the molecule is COc1nc(Sc2nc(C)cs2)ncc1Br. The molecule has 0 radical (unpaired) electrons. The van der Waals surface area contributed by atoms with Crippen LogP contribution in [0.4, 0.5) is 0 Å². The second-order valence-corrected chi connectivity index (χ2v) is 5.79. The lowest BCUT2D eigenvalue weighted by Crippen LogP contribution is -1.93. The normalized spacial score (nSPS) is 10.4. The van der Waals surface area contributed by atoms with E-state index in [0.717, 1.165) is 14.5 Å². The van der Waals surface area contributed by atoms with Gasteiger partial charge in [0.25, 0.3) is 0 Å². The van der Waals surface area contributed by atoms with E-state index in [-0.39, 0.29) is 0 Å². The summed E-state index contributed by atoms with van der Waals surface area (Å²) in [6.45, 7) is 1.96. The monoisotopic (exact) mass is 317 g/mol. The zero-order valence-corrected chi connectivity index (χ0v) is 11.8. The number of aryl methyl sites for hydroxylation is 1. The number of halogens is 1. The van der Waals surface area contributed by atoms with E-state index in [4.69, 9.17) is 4.74 Å². The molecule has 2 rings (SSSR count). The van der Waals surface area contributed by atoms with Gasteiger partial charge in [0, 0.05) is 17.3 Å². The maximum atomic E-state index is 5.10. The van der Waals surface area contributed by atoms with Crippen LogP contribution in [-0.2, 0) is 0 Å². The van der Waals surface area contributed by atoms with Crippen LogP contribution in [0.5, 0.6) is 5.88 Å². The van der Waals surface area contributed by atoms with Crippen LogP contribution >= 0.6 is 39.0 Å². The number of hydrogen-bond donors (Lipinski definition) is 0. The fraction of sp³-hybridized carbons (Fsp3) is 0.222. The molecule has 0 atom stereocenters. The molecule has 0 fully saturated rings. The molecule has 0 N–H and O–H groups in total. The van der Waals surface area contributed by atoms with Gasteiger partial charge in [0.05, 0.1) is 11.6 Å². The van der Waals surface area contributed by atoms with E-state index in [0.29, 0.717) is 11.0 Å². The molecular formula is C9H8BrN3OS2. The van der Waals surface area contributed by atoms with E-state index in [1.165, 1.54) is 11.8 Å². The van der Waals surface area contributed by atoms with Crippen molar-refractivity contribution in [2.75, 3.05) is 7.11 Å². The maximum Gasteiger partial charge on any atom is 0.231 e. The summed E-state index contributed by atoms with van der Waals surface area (Å²) in [5, 5.41) is 2.63. The molecule has 0 unspecified atom stereocenters. The van der Waals surface area contributed by atoms with Gasteiger partial charge >= 0.3 is 0 Å². The Hall–Kier alpha value is -0.660. The molecular weight excluding hydrogens is 310 g/mol. The summed E-state index contributed by atoms with van der Waals surface area (Å²) in [5.74, 6) is 0.533. The number of nitrogens with zero attached hydrogens (tertiary/aromatic N) is 3. The van der Waals surface area contributed by atoms with Gasteiger partial charge in [-0.05, 0) is 34.6 Å². The van der Waals surface area contributed by atoms with Crippen LogP contribution in [0.1, 0.15) is 5.69 Å². The predicted molar refractivity (Wildman–Crippen MR) is 67.3 cm³/mol. The first-order chi connectivity index (χ1) is 7.69. The molecule has 16 heavy (non-hydrogen) atoms. The summed E-state index contributed by atoms with van der Waals surface area (Å²) >= 11 is 6.32. The first-order valence-corrected chi connectivity index (χ1v) is 6.84. The van der Waals surface area contributed by atoms with Crippen LogP contribution in [0.3, 0.4) is 0 Å². The minimum Gasteiger partial charge on any atom is -0.480 e. The zero-order valence-electron chi connectivity index (χ0n) is 8.60. The Morgan fingerprint density at radius 3 is 2.88 bits per heavy atom. The number of hydrogen-bond acceptors (Lipinski definition) is 6. The average Bonchev–Trinajstić information content (AvgIpc) is 2.67. The lowest BCUT2D eigenvalue weighted by molar-refractivity contribution is 0.389. The fourth-order valence-electron chi connectivity index (χ4n) is 0.986. The third-order valence-corrected chi connectivity index (χ3v) is 4.14. The average molecular weight is 318 g/mol. The van der Waals surface area contributed by atoms with Gasteiger partial charge in [-0.25, -0.2) is 9.97 Å². The molecule has 2 aromatic heterocycles. The second-order valence-electron chi connectivity index (χ2n) is 2.87. The van der Waals surface area contributed by atoms with Crippen LogP contribution in [0.25, 0.3) is 0 Å². The smallest absolute Gasteiger partial charge is 0.231 e. The summed E-state index contributed by atoms with van der Waals surface area (Å²) in [6.07, 6.45) is 1.68. The molecule has 0 bridgehead atoms. The second kappa shape index (κ2) is 5.11. The van der Waals surface area contributed by atoms with Gasteiger partial charge in [-0.15, -0.1) is 11.3 Å². The molecule has 0 amide bonds. The van der Waals surface area contributed by atoms with Crippen LogP contribution < -0.4 is 4.74 Å². The van der Waals surface area contributed by atoms with Gasteiger partial charge in [-0.2, -0.15) is 4.98 Å². The summed E-state index contributed by atoms with van der Waals surface area (Å²) in [6, 6.07) is 0. The lowest BCUT2D eigenvalue weighted by atomic mass is 10.6. The molecule has 4 nitrogen and oxygen atoms in total. The van der Waals surface area contributed by atoms with Crippen molar-refractivity contribution in [1.82, 2.24) is 15.0 Å². The first kappa shape index (κ1) is 11.8. The highest BCUT2D eigenvalue weighted by Gasteiger charge is 2.08. The lowest BCUT2D eigenvalue weighted by Gasteiger charge is -2.02. The van der Waals surface area contributed by atoms with Gasteiger partial charge in [0.2, 0.25) is 5.88 Å². The van der Waals surface area contributed by atoms with Gasteiger partial charge in [0.15, 0.2) is 9.50 Å². The summed E-state index contributed by atoms with van der Waals surface area (Å²) in [7, 11) is 1.58. The van der Waals surface area contributed by atoms with Gasteiger partial charge in [-0.1, -0.05) is 0 Å². The third-order valence-electron chi connectivity index (χ3n) is 1.66. The Bertz CT molecular complexity index is 503. The van der Waals surface area contributed by atoms with E-state index in [2.05, 4.69) is 30.9 Å². The highest BCUT2D eigenvalue weighted by molar-refractivity contribution is 9.10. The van der Waals surface area contributed by atoms with Gasteiger partial charge in [-0.3, -0.25) is 0 Å². The van der Waals surface area contributed by atoms with Gasteiger partial charge < -0.3 is 4.74 Å². The molecule has 7 heteroatoms. The molecule has 2 aromatic rings. The molecule has 0 aliphatic carbocycles. The number of thiazole rings is 1. The summed E-state index contributed by atoms with van der Waals surface area (Å²) < 4.78 is 6.78. The van der Waals surface area contributed by atoms with Crippen molar-refractivity contribution in [3.63, 3.8) is 0 Å². The Labute approximate surface area is 110 Å². The quantitative estimate of drug-likeness (QED) is 0.814. The van der Waals surface area contributed by atoms with Crippen molar-refractivity contribution in [1.29, 1.82) is 0 Å². The van der Waals surface area contributed by atoms with Crippen molar-refractivity contribution in [3.8, 4) is 5.88 Å². The number of methoxy groups -OCH3 is 1. The molecule has 0 spiro atoms. The number of aromatic nitrogens is 3. The molecule has 0 saturated heterocycles. The fourth-order valence-corrected chi connectivity index (χ4v) is 3.00. The van der Waals surface area contributed by atoms with Crippen LogP contribution in [-0.4, -0.2) is 22.1 Å². The molecule has 84 valence electrons. The minimum absolute atomic E-state index is 0.533. The highest BCUT2D eigenvalue weighted by atomic mass is 79.9. The van der Waals surface area contributed by atoms with Crippen LogP contribution in [0, 0.1) is 6.92 Å². The molecule has 0 saturated carbocycles. The molecule has 0 aliphatic rings. The van der Waals surface area contributed by atoms with E-state index in [1.54, 1.807) is 24.6 Å². The molecule has 0 aromatic carbocycles. The van der Waals surface area contributed by atoms with E-state index < -0.39 is 0 Å². The highest BCUT2D eigenvalue weighted by Crippen LogP contribution is 2.30. The van der Waals surface area contributed by atoms with E-state index >= 15 is 0 Å². The summed E-state index contributed by atoms with van der Waals surface area (Å²) in [4.78, 5) is 12.8. The number of ether oxygens (including phenoxy) is 1. The Morgan fingerprint density at radius 2 is 2.25 bits per heavy atom. The minimum atomic E-state index is 0.533. The van der Waals surface area contributed by atoms with Crippen molar-refractivity contribution < 1.29 is 4.74 Å². The zero-order chi connectivity index (χ0) is 11.5. The Balaban J connectivity index is 2.21. The maximum absolute atomic E-state index is 5.10. The van der Waals surface area contributed by atoms with E-state index in [9.17, 15) is 0 Å². The van der Waals surface area contributed by atoms with Gasteiger partial charge in [0.1, 0.15) is 0 Å². The van der Waals surface area contributed by atoms with Crippen molar-refractivity contribution in [2.24, 2.45) is 0 Å². The predicted octanol–water partition coefficient (Wildman–Crippen LogP) is 3.16. The third kappa shape index (κ3) is 2.72. The summed E-state index contributed by atoms with van der Waals surface area (Å²) in [5.41, 5.74) is 1.01. The molecule has 2 heterocycles. The van der Waals surface area contributed by atoms with Crippen molar-refractivity contribution in [2.45, 2.75) is 16.4 Å². The first-order valence-electron chi connectivity index (χ1n) is 4.35. The largest absolute Gasteiger partial charge is 0.480 e. The van der Waals surface area contributed by atoms with Crippen LogP contribution in [0.2, 0.25) is 0 Å². The Kier molecular flexibility index (Phi) is 3.78.